The maximum atomic E-state index is 12.5. The van der Waals surface area contributed by atoms with Gasteiger partial charge in [-0.1, -0.05) is 114 Å². The number of benzene rings is 5. The Labute approximate surface area is 297 Å². The summed E-state index contributed by atoms with van der Waals surface area (Å²) < 4.78 is 0. The lowest BCUT2D eigenvalue weighted by molar-refractivity contribution is -0.141. The van der Waals surface area contributed by atoms with Gasteiger partial charge in [-0.15, -0.1) is 0 Å². The maximum Gasteiger partial charge on any atom is 0.332 e. The molecule has 0 saturated carbocycles. The Morgan fingerprint density at radius 3 is 1.96 bits per heavy atom. The summed E-state index contributed by atoms with van der Waals surface area (Å²) in [5, 5.41) is 10.3. The molecule has 0 radical (unpaired) electrons. The Morgan fingerprint density at radius 1 is 0.647 bits per heavy atom. The summed E-state index contributed by atoms with van der Waals surface area (Å²) in [5.74, 6) is -0.632. The first-order valence-electron chi connectivity index (χ1n) is 16.7. The number of Topliss-reactive ketones (excluding diaryl/α,β-unsaturated/α-hetero) is 1. The first-order valence-corrected chi connectivity index (χ1v) is 16.7. The fourth-order valence-electron chi connectivity index (χ4n) is 5.93. The topological polar surface area (TPSA) is 97.6 Å². The lowest BCUT2D eigenvalue weighted by Gasteiger charge is -2.27. The standard InChI is InChI=1S/C43H37N3O5/c1-28-16-18-33(19-17-28)42(44-50-30(3)48)34-20-23-38(24-21-34)46(39-14-8-12-35(27-39)29(2)47)41-15-9-13-36-26-37(22-25-40(36)41)43(45-51-31(4)49)32-10-6-5-7-11-32/h5-16,18-28H,17H2,1-4H3/b44-42-,45-43-. The van der Waals surface area contributed by atoms with E-state index in [9.17, 15) is 14.4 Å². The molecule has 0 spiro atoms. The van der Waals surface area contributed by atoms with Crippen LogP contribution in [0.1, 0.15) is 61.2 Å². The van der Waals surface area contributed by atoms with Crippen LogP contribution in [0.4, 0.5) is 17.1 Å². The second-order valence-electron chi connectivity index (χ2n) is 12.3. The number of anilines is 3. The zero-order valence-electron chi connectivity index (χ0n) is 28.9. The van der Waals surface area contributed by atoms with Crippen LogP contribution < -0.4 is 4.90 Å². The molecule has 5 aromatic rings. The van der Waals surface area contributed by atoms with Crippen molar-refractivity contribution in [3.05, 3.63) is 161 Å². The normalized spacial score (nSPS) is 14.5. The van der Waals surface area contributed by atoms with Crippen molar-refractivity contribution in [2.45, 2.75) is 34.1 Å². The molecule has 0 heterocycles. The van der Waals surface area contributed by atoms with E-state index in [4.69, 9.17) is 9.68 Å². The highest BCUT2D eigenvalue weighted by Gasteiger charge is 2.20. The number of carbonyl (C=O) groups excluding carboxylic acids is 3. The number of carbonyl (C=O) groups is 3. The van der Waals surface area contributed by atoms with E-state index in [0.29, 0.717) is 22.9 Å². The number of ketones is 1. The summed E-state index contributed by atoms with van der Waals surface area (Å²) in [7, 11) is 0. The predicted octanol–water partition coefficient (Wildman–Crippen LogP) is 9.62. The van der Waals surface area contributed by atoms with Gasteiger partial charge in [-0.3, -0.25) is 4.79 Å². The van der Waals surface area contributed by atoms with E-state index >= 15 is 0 Å². The molecule has 0 N–H and O–H groups in total. The number of hydrogen-bond donors (Lipinski definition) is 0. The third-order valence-corrected chi connectivity index (χ3v) is 8.45. The van der Waals surface area contributed by atoms with E-state index in [-0.39, 0.29) is 5.78 Å². The van der Waals surface area contributed by atoms with Crippen LogP contribution in [0.5, 0.6) is 0 Å². The van der Waals surface area contributed by atoms with Gasteiger partial charge in [0.05, 0.1) is 5.69 Å². The molecule has 6 rings (SSSR count). The van der Waals surface area contributed by atoms with Crippen molar-refractivity contribution in [1.29, 1.82) is 0 Å². The first kappa shape index (κ1) is 34.5. The summed E-state index contributed by atoms with van der Waals surface area (Å²) in [6.07, 6.45) is 7.08. The molecule has 0 fully saturated rings. The van der Waals surface area contributed by atoms with Crippen LogP contribution in [0.2, 0.25) is 0 Å². The molecule has 1 unspecified atom stereocenters. The molecule has 5 aromatic carbocycles. The molecule has 1 aliphatic rings. The lowest BCUT2D eigenvalue weighted by atomic mass is 9.93. The summed E-state index contributed by atoms with van der Waals surface area (Å²) in [5.41, 5.74) is 7.45. The Morgan fingerprint density at radius 2 is 1.29 bits per heavy atom. The molecule has 0 saturated heterocycles. The number of fused-ring (bicyclic) bond motifs is 1. The van der Waals surface area contributed by atoms with Gasteiger partial charge >= 0.3 is 11.9 Å². The number of oxime groups is 2. The smallest absolute Gasteiger partial charge is 0.318 e. The molecular weight excluding hydrogens is 638 g/mol. The molecule has 254 valence electrons. The Bertz CT molecular complexity index is 2230. The van der Waals surface area contributed by atoms with Gasteiger partial charge in [-0.25, -0.2) is 9.59 Å². The zero-order chi connectivity index (χ0) is 35.9. The Kier molecular flexibility index (Phi) is 10.4. The van der Waals surface area contributed by atoms with E-state index in [0.717, 1.165) is 56.5 Å². The molecular formula is C43H37N3O5. The monoisotopic (exact) mass is 675 g/mol. The number of hydrogen-bond acceptors (Lipinski definition) is 8. The van der Waals surface area contributed by atoms with Gasteiger partial charge in [0.15, 0.2) is 5.78 Å². The third kappa shape index (κ3) is 8.08. The number of rotatable bonds is 10. The van der Waals surface area contributed by atoms with Gasteiger partial charge in [0, 0.05) is 52.9 Å². The minimum Gasteiger partial charge on any atom is -0.318 e. The summed E-state index contributed by atoms with van der Waals surface area (Å²) in [4.78, 5) is 48.2. The van der Waals surface area contributed by atoms with Crippen LogP contribution >= 0.6 is 0 Å². The van der Waals surface area contributed by atoms with Gasteiger partial charge in [0.1, 0.15) is 11.4 Å². The minimum absolute atomic E-state index is 0.0373. The second kappa shape index (κ2) is 15.4. The van der Waals surface area contributed by atoms with Crippen LogP contribution in [0, 0.1) is 5.92 Å². The van der Waals surface area contributed by atoms with Crippen molar-refractivity contribution in [2.24, 2.45) is 16.2 Å². The van der Waals surface area contributed by atoms with E-state index in [1.807, 2.05) is 115 Å². The highest BCUT2D eigenvalue weighted by molar-refractivity contribution is 6.16. The largest absolute Gasteiger partial charge is 0.332 e. The summed E-state index contributed by atoms with van der Waals surface area (Å²) in [6.45, 7) is 6.34. The molecule has 8 nitrogen and oxygen atoms in total. The van der Waals surface area contributed by atoms with Crippen molar-refractivity contribution < 1.29 is 24.1 Å². The van der Waals surface area contributed by atoms with Gasteiger partial charge in [-0.05, 0) is 66.6 Å². The molecule has 0 aromatic heterocycles. The van der Waals surface area contributed by atoms with Crippen LogP contribution in [0.3, 0.4) is 0 Å². The van der Waals surface area contributed by atoms with Crippen LogP contribution in [0.25, 0.3) is 10.8 Å². The van der Waals surface area contributed by atoms with E-state index in [1.165, 1.54) is 13.8 Å². The van der Waals surface area contributed by atoms with Crippen molar-refractivity contribution in [3.63, 3.8) is 0 Å². The Balaban J connectivity index is 1.47. The van der Waals surface area contributed by atoms with Crippen molar-refractivity contribution in [3.8, 4) is 0 Å². The van der Waals surface area contributed by atoms with E-state index in [1.54, 1.807) is 13.0 Å². The van der Waals surface area contributed by atoms with Crippen molar-refractivity contribution in [1.82, 2.24) is 0 Å². The molecule has 51 heavy (non-hydrogen) atoms. The molecule has 0 amide bonds. The zero-order valence-corrected chi connectivity index (χ0v) is 28.9. The van der Waals surface area contributed by atoms with E-state index in [2.05, 4.69) is 34.3 Å². The summed E-state index contributed by atoms with van der Waals surface area (Å²) in [6, 6.07) is 37.0. The second-order valence-corrected chi connectivity index (χ2v) is 12.3. The van der Waals surface area contributed by atoms with Crippen LogP contribution in [0.15, 0.2) is 149 Å². The average Bonchev–Trinajstić information content (AvgIpc) is 3.13. The fraction of sp³-hybridized carbons (Fsp3) is 0.140. The summed E-state index contributed by atoms with van der Waals surface area (Å²) >= 11 is 0. The number of allylic oxidation sites excluding steroid dienone is 4. The highest BCUT2D eigenvalue weighted by Crippen LogP contribution is 2.40. The molecule has 0 aliphatic heterocycles. The predicted molar refractivity (Wildman–Crippen MR) is 202 cm³/mol. The lowest BCUT2D eigenvalue weighted by Crippen LogP contribution is -2.13. The van der Waals surface area contributed by atoms with Gasteiger partial charge in [-0.2, -0.15) is 0 Å². The van der Waals surface area contributed by atoms with Crippen molar-refractivity contribution in [2.75, 3.05) is 4.90 Å². The number of nitrogens with zero attached hydrogens (tertiary/aromatic N) is 3. The van der Waals surface area contributed by atoms with Crippen LogP contribution in [-0.4, -0.2) is 29.1 Å². The quantitative estimate of drug-likeness (QED) is 0.0633. The van der Waals surface area contributed by atoms with Crippen LogP contribution in [-0.2, 0) is 19.3 Å². The first-order chi connectivity index (χ1) is 24.7. The SMILES string of the molecule is CC(=O)O/N=C(/c1ccccc1)c1ccc2c(N(c3ccc(/C(=N\OC(C)=O)C4=CCC(C)C=C4)cc3)c3cccc(C(C)=O)c3)cccc2c1. The average molecular weight is 676 g/mol. The Hall–Kier alpha value is -6.41. The van der Waals surface area contributed by atoms with Gasteiger partial charge in [0.2, 0.25) is 0 Å². The molecule has 8 heteroatoms. The minimum atomic E-state index is -0.507. The highest BCUT2D eigenvalue weighted by atomic mass is 16.7. The van der Waals surface area contributed by atoms with Gasteiger partial charge < -0.3 is 14.6 Å². The maximum absolute atomic E-state index is 12.5. The van der Waals surface area contributed by atoms with E-state index < -0.39 is 11.9 Å². The molecule has 1 atom stereocenters. The van der Waals surface area contributed by atoms with Crippen molar-refractivity contribution >= 4 is 57.0 Å². The third-order valence-electron chi connectivity index (χ3n) is 8.45. The van der Waals surface area contributed by atoms with Gasteiger partial charge in [0.25, 0.3) is 0 Å². The molecule has 0 bridgehead atoms. The fourth-order valence-corrected chi connectivity index (χ4v) is 5.93. The molecule has 1 aliphatic carbocycles.